The number of nitrogens with two attached hydrogens (primary N) is 1. The van der Waals surface area contributed by atoms with E-state index >= 15 is 0 Å². The van der Waals surface area contributed by atoms with Crippen molar-refractivity contribution in [3.63, 3.8) is 0 Å². The van der Waals surface area contributed by atoms with Crippen LogP contribution in [0.15, 0.2) is 23.0 Å². The lowest BCUT2D eigenvalue weighted by Crippen LogP contribution is -2.44. The number of alkyl halides is 3. The van der Waals surface area contributed by atoms with Crippen LogP contribution in [0.4, 0.5) is 17.6 Å². The number of carbonyl (C=O) groups is 1. The predicted molar refractivity (Wildman–Crippen MR) is 112 cm³/mol. The van der Waals surface area contributed by atoms with E-state index in [1.165, 1.54) is 30.5 Å². The van der Waals surface area contributed by atoms with Crippen LogP contribution in [0, 0.1) is 12.7 Å². The Bertz CT molecular complexity index is 1460. The summed E-state index contributed by atoms with van der Waals surface area (Å²) in [6, 6.07) is 1.25. The van der Waals surface area contributed by atoms with Crippen LogP contribution < -0.4 is 11.3 Å². The maximum absolute atomic E-state index is 14.3. The lowest BCUT2D eigenvalue weighted by atomic mass is 9.86. The molecule has 34 heavy (non-hydrogen) atoms. The number of hydrogen-bond donors (Lipinski definition) is 2. The highest BCUT2D eigenvalue weighted by Crippen LogP contribution is 2.44. The van der Waals surface area contributed by atoms with E-state index in [1.54, 1.807) is 0 Å². The molecule has 5 rings (SSSR count). The molecule has 0 aliphatic carbocycles. The Kier molecular flexibility index (Phi) is 4.69. The molecule has 2 atom stereocenters. The molecule has 0 bridgehead atoms. The average molecular weight is 477 g/mol. The summed E-state index contributed by atoms with van der Waals surface area (Å²) in [7, 11) is 0. The minimum atomic E-state index is -4.81. The lowest BCUT2D eigenvalue weighted by molar-refractivity contribution is -0.172. The summed E-state index contributed by atoms with van der Waals surface area (Å²) in [5.74, 6) is -1.58. The number of fused-ring (bicyclic) bond motifs is 5. The molecule has 0 spiro atoms. The number of aliphatic hydroxyl groups is 1. The predicted octanol–water partition coefficient (Wildman–Crippen LogP) is 3.09. The van der Waals surface area contributed by atoms with Gasteiger partial charge in [0.2, 0.25) is 0 Å². The summed E-state index contributed by atoms with van der Waals surface area (Å²) in [4.78, 5) is 30.0. The Morgan fingerprint density at radius 1 is 1.26 bits per heavy atom. The number of esters is 1. The van der Waals surface area contributed by atoms with Crippen LogP contribution in [-0.2, 0) is 28.3 Å². The number of hydrogen-bond acceptors (Lipinski definition) is 6. The van der Waals surface area contributed by atoms with Gasteiger partial charge in [-0.1, -0.05) is 6.92 Å². The summed E-state index contributed by atoms with van der Waals surface area (Å²) < 4.78 is 61.9. The fraction of sp³-hybridized carbons (Fsp3) is 0.348. The molecule has 178 valence electrons. The van der Waals surface area contributed by atoms with E-state index in [9.17, 15) is 32.3 Å². The van der Waals surface area contributed by atoms with Gasteiger partial charge < -0.3 is 20.1 Å². The van der Waals surface area contributed by atoms with E-state index in [2.05, 4.69) is 4.98 Å². The second-order valence-corrected chi connectivity index (χ2v) is 8.59. The first-order valence-corrected chi connectivity index (χ1v) is 10.5. The number of ether oxygens (including phenoxy) is 1. The van der Waals surface area contributed by atoms with Crippen molar-refractivity contribution in [2.45, 2.75) is 51.2 Å². The van der Waals surface area contributed by atoms with Gasteiger partial charge in [-0.05, 0) is 36.6 Å². The number of aromatic nitrogens is 2. The van der Waals surface area contributed by atoms with Gasteiger partial charge in [-0.25, -0.2) is 14.2 Å². The topological polar surface area (TPSA) is 107 Å². The van der Waals surface area contributed by atoms with Crippen molar-refractivity contribution >= 4 is 16.9 Å². The van der Waals surface area contributed by atoms with E-state index in [-0.39, 0.29) is 69.7 Å². The highest BCUT2D eigenvalue weighted by molar-refractivity contribution is 5.90. The molecule has 2 aliphatic heterocycles. The number of nitrogens with zero attached hydrogens (tertiary/aromatic N) is 2. The van der Waals surface area contributed by atoms with E-state index in [4.69, 9.17) is 10.5 Å². The molecule has 4 heterocycles. The normalized spacial score (nSPS) is 20.1. The minimum absolute atomic E-state index is 0.0164. The number of rotatable bonds is 2. The van der Waals surface area contributed by atoms with E-state index in [0.29, 0.717) is 0 Å². The molecule has 0 unspecified atom stereocenters. The third-order valence-electron chi connectivity index (χ3n) is 6.68. The van der Waals surface area contributed by atoms with Gasteiger partial charge >= 0.3 is 12.1 Å². The maximum Gasteiger partial charge on any atom is 0.407 e. The van der Waals surface area contributed by atoms with Crippen molar-refractivity contribution in [2.24, 2.45) is 5.73 Å². The van der Waals surface area contributed by atoms with Gasteiger partial charge in [0.15, 0.2) is 5.60 Å². The van der Waals surface area contributed by atoms with Crippen LogP contribution in [0.25, 0.3) is 22.3 Å². The first kappa shape index (κ1) is 22.5. The van der Waals surface area contributed by atoms with E-state index in [1.807, 2.05) is 0 Å². The van der Waals surface area contributed by atoms with Gasteiger partial charge in [-0.15, -0.1) is 0 Å². The first-order chi connectivity index (χ1) is 15.9. The quantitative estimate of drug-likeness (QED) is 0.340. The largest absolute Gasteiger partial charge is 0.458 e. The molecule has 3 N–H and O–H groups in total. The molecule has 0 amide bonds. The molecule has 0 fully saturated rings. The second-order valence-electron chi connectivity index (χ2n) is 8.59. The summed E-state index contributed by atoms with van der Waals surface area (Å²) >= 11 is 0. The highest BCUT2D eigenvalue weighted by Gasteiger charge is 2.46. The molecule has 7 nitrogen and oxygen atoms in total. The summed E-state index contributed by atoms with van der Waals surface area (Å²) in [6.07, 6.45) is -4.90. The Labute approximate surface area is 189 Å². The zero-order valence-corrected chi connectivity index (χ0v) is 18.1. The Hall–Kier alpha value is -3.31. The van der Waals surface area contributed by atoms with Crippen LogP contribution in [-0.4, -0.2) is 26.8 Å². The molecule has 2 aromatic heterocycles. The summed E-state index contributed by atoms with van der Waals surface area (Å²) in [5.41, 5.74) is 2.96. The Morgan fingerprint density at radius 3 is 2.62 bits per heavy atom. The van der Waals surface area contributed by atoms with Gasteiger partial charge in [0.25, 0.3) is 5.56 Å². The highest BCUT2D eigenvalue weighted by atomic mass is 19.4. The van der Waals surface area contributed by atoms with Gasteiger partial charge in [0.05, 0.1) is 29.0 Å². The molecule has 0 radical (unpaired) electrons. The van der Waals surface area contributed by atoms with Gasteiger partial charge in [-0.3, -0.25) is 4.79 Å². The van der Waals surface area contributed by atoms with Crippen molar-refractivity contribution in [3.8, 4) is 11.4 Å². The minimum Gasteiger partial charge on any atom is -0.458 e. The summed E-state index contributed by atoms with van der Waals surface area (Å²) in [5, 5.41) is 11.0. The van der Waals surface area contributed by atoms with Crippen molar-refractivity contribution in [2.75, 3.05) is 0 Å². The summed E-state index contributed by atoms with van der Waals surface area (Å²) in [6.45, 7) is 2.32. The van der Waals surface area contributed by atoms with Crippen molar-refractivity contribution in [1.82, 2.24) is 9.55 Å². The third kappa shape index (κ3) is 2.93. The number of pyridine rings is 2. The fourth-order valence-corrected chi connectivity index (χ4v) is 4.76. The monoisotopic (exact) mass is 477 g/mol. The van der Waals surface area contributed by atoms with Gasteiger partial charge in [0, 0.05) is 22.6 Å². The SMILES string of the molecule is CC[C@@]1(O)C(=O)OCc2c1cc1n(c2=O)Cc2c-1nc1cc(F)c(C)cc1c2[C@H](N)C(F)(F)F. The smallest absolute Gasteiger partial charge is 0.407 e. The number of benzene rings is 1. The van der Waals surface area contributed by atoms with Crippen LogP contribution in [0.2, 0.25) is 0 Å². The molecule has 0 saturated carbocycles. The molecular formula is C23H19F4N3O4. The van der Waals surface area contributed by atoms with Gasteiger partial charge in [-0.2, -0.15) is 13.2 Å². The van der Waals surface area contributed by atoms with Crippen LogP contribution in [0.3, 0.4) is 0 Å². The average Bonchev–Trinajstić information content (AvgIpc) is 3.13. The Balaban J connectivity index is 1.87. The maximum atomic E-state index is 14.3. The van der Waals surface area contributed by atoms with Gasteiger partial charge in [0.1, 0.15) is 18.5 Å². The number of carbonyl (C=O) groups excluding carboxylic acids is 1. The van der Waals surface area contributed by atoms with Crippen LogP contribution >= 0.6 is 0 Å². The van der Waals surface area contributed by atoms with Crippen LogP contribution in [0.1, 0.15) is 47.2 Å². The van der Waals surface area contributed by atoms with Crippen molar-refractivity contribution in [3.05, 3.63) is 62.2 Å². The molecule has 3 aromatic rings. The Morgan fingerprint density at radius 2 is 1.97 bits per heavy atom. The zero-order chi connectivity index (χ0) is 24.7. The zero-order valence-electron chi connectivity index (χ0n) is 18.1. The standard InChI is InChI=1S/C23H19F4N3O4/c1-3-22(33)13-5-16-18-11(7-30(16)20(31)12(13)8-34-21(22)32)17(19(28)23(25,26)27)10-4-9(2)14(24)6-15(10)29-18/h4-6,19,33H,3,7-8,28H2,1-2H3/t19-,22-/m0/s1. The molecule has 2 aliphatic rings. The third-order valence-corrected chi connectivity index (χ3v) is 6.68. The first-order valence-electron chi connectivity index (χ1n) is 10.5. The van der Waals surface area contributed by atoms with E-state index < -0.39 is 35.2 Å². The van der Waals surface area contributed by atoms with Crippen molar-refractivity contribution in [1.29, 1.82) is 0 Å². The van der Waals surface area contributed by atoms with Crippen LogP contribution in [0.5, 0.6) is 0 Å². The van der Waals surface area contributed by atoms with E-state index in [0.717, 1.165) is 6.07 Å². The second kappa shape index (κ2) is 7.09. The molecular weight excluding hydrogens is 458 g/mol. The number of halogens is 4. The van der Waals surface area contributed by atoms with Crippen molar-refractivity contribution < 1.29 is 32.2 Å². The fourth-order valence-electron chi connectivity index (χ4n) is 4.76. The molecule has 0 saturated heterocycles. The molecule has 1 aromatic carbocycles. The lowest BCUT2D eigenvalue weighted by Gasteiger charge is -2.31. The number of cyclic esters (lactones) is 1. The number of aryl methyl sites for hydroxylation is 1. The molecule has 11 heteroatoms.